The highest BCUT2D eigenvalue weighted by molar-refractivity contribution is 5.98. The third-order valence-corrected chi connectivity index (χ3v) is 8.35. The van der Waals surface area contributed by atoms with E-state index in [0.717, 1.165) is 6.42 Å². The van der Waals surface area contributed by atoms with Crippen molar-refractivity contribution in [1.29, 1.82) is 0 Å². The van der Waals surface area contributed by atoms with Crippen LogP contribution < -0.4 is 0 Å². The minimum Gasteiger partial charge on any atom is -0.465 e. The molecule has 2 unspecified atom stereocenters. The lowest BCUT2D eigenvalue weighted by Gasteiger charge is -2.42. The zero-order valence-corrected chi connectivity index (χ0v) is 21.9. The number of carbonyl (C=O) groups is 3. The number of aliphatic hydroxyl groups excluding tert-OH is 1. The second-order valence-corrected chi connectivity index (χ2v) is 10.7. The van der Waals surface area contributed by atoms with Gasteiger partial charge in [-0.15, -0.1) is 13.2 Å². The van der Waals surface area contributed by atoms with Crippen molar-refractivity contribution in [1.82, 2.24) is 9.80 Å². The summed E-state index contributed by atoms with van der Waals surface area (Å²) in [6.07, 6.45) is 5.61. The molecule has 0 radical (unpaired) electrons. The summed E-state index contributed by atoms with van der Waals surface area (Å²) in [5.41, 5.74) is -2.03. The van der Waals surface area contributed by atoms with Gasteiger partial charge in [-0.25, -0.2) is 0 Å². The van der Waals surface area contributed by atoms with Gasteiger partial charge in [0.1, 0.15) is 17.6 Å². The lowest BCUT2D eigenvalue weighted by atomic mass is 9.66. The normalized spacial score (nSPS) is 32.9. The van der Waals surface area contributed by atoms with Gasteiger partial charge in [-0.2, -0.15) is 0 Å². The maximum absolute atomic E-state index is 14.2. The van der Waals surface area contributed by atoms with Gasteiger partial charge in [-0.1, -0.05) is 32.4 Å². The van der Waals surface area contributed by atoms with Gasteiger partial charge in [0.15, 0.2) is 0 Å². The van der Waals surface area contributed by atoms with Gasteiger partial charge in [0.25, 0.3) is 0 Å². The van der Waals surface area contributed by atoms with Crippen molar-refractivity contribution in [3.8, 4) is 0 Å². The molecule has 0 saturated carbocycles. The lowest BCUT2D eigenvalue weighted by molar-refractivity contribution is -0.163. The molecule has 3 aliphatic rings. The summed E-state index contributed by atoms with van der Waals surface area (Å²) in [7, 11) is 0. The molecule has 3 heterocycles. The molecule has 1 N–H and O–H groups in total. The van der Waals surface area contributed by atoms with E-state index in [0.29, 0.717) is 25.8 Å². The van der Waals surface area contributed by atoms with Crippen LogP contribution in [0.5, 0.6) is 0 Å². The molecule has 3 rings (SSSR count). The lowest BCUT2D eigenvalue weighted by Crippen LogP contribution is -2.60. The summed E-state index contributed by atoms with van der Waals surface area (Å²) in [4.78, 5) is 44.9. The molecule has 196 valence electrons. The highest BCUT2D eigenvalue weighted by Gasteiger charge is 2.79. The largest absolute Gasteiger partial charge is 0.465 e. The van der Waals surface area contributed by atoms with E-state index < -0.39 is 41.1 Å². The van der Waals surface area contributed by atoms with Crippen LogP contribution >= 0.6 is 0 Å². The number of aliphatic hydroxyl groups is 1. The minimum atomic E-state index is -1.14. The summed E-state index contributed by atoms with van der Waals surface area (Å²) in [5.74, 6) is -2.70. The van der Waals surface area contributed by atoms with Crippen LogP contribution in [0.3, 0.4) is 0 Å². The van der Waals surface area contributed by atoms with Gasteiger partial charge in [-0.3, -0.25) is 14.4 Å². The van der Waals surface area contributed by atoms with Crippen LogP contribution in [0.4, 0.5) is 0 Å². The SMILES string of the molecule is C=CCCOC(=O)[C@H]1[C@H]2C(=O)N([C@@H](CO)[C@@H](C)CC)C(C(=O)N(CC=C)C(C)C)C23CC[C@]1(C)O3. The van der Waals surface area contributed by atoms with Crippen LogP contribution in [-0.4, -0.2) is 81.8 Å². The molecule has 0 aromatic carbocycles. The van der Waals surface area contributed by atoms with Gasteiger partial charge in [0, 0.05) is 12.6 Å². The van der Waals surface area contributed by atoms with Crippen molar-refractivity contribution in [2.75, 3.05) is 19.8 Å². The Kier molecular flexibility index (Phi) is 8.16. The smallest absolute Gasteiger partial charge is 0.312 e. The van der Waals surface area contributed by atoms with Gasteiger partial charge in [0.05, 0.1) is 30.8 Å². The number of ether oxygens (including phenoxy) is 2. The van der Waals surface area contributed by atoms with Gasteiger partial charge >= 0.3 is 5.97 Å². The topological polar surface area (TPSA) is 96.4 Å². The van der Waals surface area contributed by atoms with Gasteiger partial charge < -0.3 is 24.4 Å². The molecule has 3 fully saturated rings. The third kappa shape index (κ3) is 4.33. The van der Waals surface area contributed by atoms with Crippen LogP contribution in [-0.2, 0) is 23.9 Å². The second kappa shape index (κ2) is 10.4. The number of fused-ring (bicyclic) bond motifs is 1. The van der Waals surface area contributed by atoms with Crippen LogP contribution in [0.25, 0.3) is 0 Å². The van der Waals surface area contributed by atoms with E-state index in [1.807, 2.05) is 34.6 Å². The average molecular weight is 491 g/mol. The fraction of sp³-hybridized carbons (Fsp3) is 0.741. The summed E-state index contributed by atoms with van der Waals surface area (Å²) >= 11 is 0. The van der Waals surface area contributed by atoms with E-state index in [9.17, 15) is 19.5 Å². The first-order valence-corrected chi connectivity index (χ1v) is 12.9. The highest BCUT2D eigenvalue weighted by atomic mass is 16.6. The Morgan fingerprint density at radius 1 is 1.29 bits per heavy atom. The summed E-state index contributed by atoms with van der Waals surface area (Å²) in [6.45, 7) is 17.3. The quantitative estimate of drug-likeness (QED) is 0.257. The summed E-state index contributed by atoms with van der Waals surface area (Å²) in [5, 5.41) is 10.4. The first kappa shape index (κ1) is 27.4. The monoisotopic (exact) mass is 490 g/mol. The number of likely N-dealkylation sites (tertiary alicyclic amines) is 1. The molecule has 0 aromatic heterocycles. The van der Waals surface area contributed by atoms with E-state index >= 15 is 0 Å². The van der Waals surface area contributed by atoms with Crippen molar-refractivity contribution < 1.29 is 29.0 Å². The molecular weight excluding hydrogens is 448 g/mol. The molecule has 2 amide bonds. The molecule has 1 spiro atoms. The maximum Gasteiger partial charge on any atom is 0.312 e. The first-order chi connectivity index (χ1) is 16.5. The number of nitrogens with zero attached hydrogens (tertiary/aromatic N) is 2. The van der Waals surface area contributed by atoms with E-state index in [1.54, 1.807) is 22.0 Å². The molecule has 0 aliphatic carbocycles. The Labute approximate surface area is 209 Å². The number of hydrogen-bond donors (Lipinski definition) is 1. The fourth-order valence-corrected chi connectivity index (χ4v) is 6.36. The molecule has 3 aliphatic heterocycles. The van der Waals surface area contributed by atoms with E-state index in [4.69, 9.17) is 9.47 Å². The molecular formula is C27H42N2O6. The van der Waals surface area contributed by atoms with Crippen LogP contribution in [0.1, 0.15) is 60.3 Å². The zero-order chi connectivity index (χ0) is 26.1. The number of rotatable bonds is 12. The molecule has 35 heavy (non-hydrogen) atoms. The molecule has 8 heteroatoms. The zero-order valence-electron chi connectivity index (χ0n) is 21.9. The van der Waals surface area contributed by atoms with Crippen LogP contribution in [0.15, 0.2) is 25.3 Å². The molecule has 2 bridgehead atoms. The summed E-state index contributed by atoms with van der Waals surface area (Å²) < 4.78 is 12.2. The van der Waals surface area contributed by atoms with E-state index in [2.05, 4.69) is 13.2 Å². The van der Waals surface area contributed by atoms with E-state index in [1.165, 1.54) is 0 Å². The minimum absolute atomic E-state index is 0.0489. The molecule has 3 saturated heterocycles. The number of carbonyl (C=O) groups excluding carboxylic acids is 3. The molecule has 8 nitrogen and oxygen atoms in total. The Morgan fingerprint density at radius 3 is 2.51 bits per heavy atom. The Balaban J connectivity index is 2.12. The van der Waals surface area contributed by atoms with Gasteiger partial charge in [0.2, 0.25) is 11.8 Å². The maximum atomic E-state index is 14.2. The average Bonchev–Trinajstić information content (AvgIpc) is 3.38. The van der Waals surface area contributed by atoms with Crippen molar-refractivity contribution in [2.24, 2.45) is 17.8 Å². The Morgan fingerprint density at radius 2 is 1.97 bits per heavy atom. The fourth-order valence-electron chi connectivity index (χ4n) is 6.36. The van der Waals surface area contributed by atoms with E-state index in [-0.39, 0.29) is 37.0 Å². The standard InChI is InChI=1S/C27H42N2O6/c1-8-11-15-34-25(33)21-20-23(31)29(19(16-30)18(6)10-3)22(24(32)28(14-9-2)17(4)5)27(20)13-12-26(21,7)35-27/h8-9,17-22,30H,1-2,10-16H2,3-7H3/t18-,19-,20-,21+,22?,26-,27?/m0/s1. The number of amides is 2. The Bertz CT molecular complexity index is 859. The van der Waals surface area contributed by atoms with Gasteiger partial charge in [-0.05, 0) is 46.0 Å². The molecule has 0 aromatic rings. The van der Waals surface area contributed by atoms with Crippen molar-refractivity contribution in [3.63, 3.8) is 0 Å². The predicted octanol–water partition coefficient (Wildman–Crippen LogP) is 2.70. The predicted molar refractivity (Wildman–Crippen MR) is 132 cm³/mol. The Hall–Kier alpha value is -2.19. The van der Waals surface area contributed by atoms with Crippen LogP contribution in [0, 0.1) is 17.8 Å². The number of esters is 1. The third-order valence-electron chi connectivity index (χ3n) is 8.35. The van der Waals surface area contributed by atoms with Crippen molar-refractivity contribution in [2.45, 2.75) is 89.6 Å². The first-order valence-electron chi connectivity index (χ1n) is 12.9. The van der Waals surface area contributed by atoms with Crippen molar-refractivity contribution >= 4 is 17.8 Å². The number of hydrogen-bond acceptors (Lipinski definition) is 6. The summed E-state index contributed by atoms with van der Waals surface area (Å²) in [6, 6.07) is -1.62. The second-order valence-electron chi connectivity index (χ2n) is 10.7. The molecule has 7 atom stereocenters. The highest BCUT2D eigenvalue weighted by Crippen LogP contribution is 2.64. The van der Waals surface area contributed by atoms with Crippen LogP contribution in [0.2, 0.25) is 0 Å². The van der Waals surface area contributed by atoms with Crippen molar-refractivity contribution in [3.05, 3.63) is 25.3 Å².